The van der Waals surface area contributed by atoms with Gasteiger partial charge in [0.25, 0.3) is 11.6 Å². The second-order valence-corrected chi connectivity index (χ2v) is 7.68. The summed E-state index contributed by atoms with van der Waals surface area (Å²) in [4.78, 5) is 34.4. The predicted octanol–water partition coefficient (Wildman–Crippen LogP) is 2.43. The van der Waals surface area contributed by atoms with Crippen LogP contribution in [0.2, 0.25) is 0 Å². The van der Waals surface area contributed by atoms with Crippen molar-refractivity contribution in [2.75, 3.05) is 18.2 Å². The first kappa shape index (κ1) is 20.0. The number of anilines is 1. The lowest BCUT2D eigenvalue weighted by atomic mass is 10.1. The van der Waals surface area contributed by atoms with Gasteiger partial charge in [-0.3, -0.25) is 14.9 Å². The second-order valence-electron chi connectivity index (χ2n) is 5.40. The third kappa shape index (κ3) is 4.67. The molecule has 2 rings (SSSR count). The van der Waals surface area contributed by atoms with Crippen LogP contribution < -0.4 is 5.32 Å². The van der Waals surface area contributed by atoms with Crippen LogP contribution in [0.25, 0.3) is 0 Å². The van der Waals surface area contributed by atoms with Crippen molar-refractivity contribution in [3.05, 3.63) is 63.7 Å². The number of esters is 1. The average Bonchev–Trinajstić information content (AvgIpc) is 2.67. The van der Waals surface area contributed by atoms with Crippen LogP contribution in [-0.2, 0) is 14.6 Å². The highest BCUT2D eigenvalue weighted by Gasteiger charge is 2.19. The molecule has 0 aliphatic heterocycles. The minimum Gasteiger partial charge on any atom is -0.465 e. The van der Waals surface area contributed by atoms with E-state index in [0.717, 1.165) is 19.2 Å². The van der Waals surface area contributed by atoms with E-state index in [2.05, 4.69) is 10.1 Å². The number of sulfone groups is 1. The first-order valence-electron chi connectivity index (χ1n) is 7.70. The highest BCUT2D eigenvalue weighted by molar-refractivity contribution is 7.91. The molecule has 2 aromatic rings. The molecule has 1 amide bonds. The van der Waals surface area contributed by atoms with Gasteiger partial charge in [-0.1, -0.05) is 6.92 Å². The summed E-state index contributed by atoms with van der Waals surface area (Å²) in [5.41, 5.74) is -0.398. The number of nitro benzene ring substituents is 1. The molecule has 10 heteroatoms. The number of hydrogen-bond donors (Lipinski definition) is 1. The Balaban J connectivity index is 2.31. The van der Waals surface area contributed by atoms with E-state index in [1.807, 2.05) is 0 Å². The lowest BCUT2D eigenvalue weighted by Gasteiger charge is -2.08. The molecule has 0 heterocycles. The van der Waals surface area contributed by atoms with Crippen LogP contribution >= 0.6 is 0 Å². The first-order valence-corrected chi connectivity index (χ1v) is 9.35. The fraction of sp³-hybridized carbons (Fsp3) is 0.176. The van der Waals surface area contributed by atoms with Crippen molar-refractivity contribution in [3.8, 4) is 0 Å². The molecule has 0 fully saturated rings. The van der Waals surface area contributed by atoms with Crippen LogP contribution in [-0.4, -0.2) is 38.1 Å². The zero-order chi connectivity index (χ0) is 20.2. The Kier molecular flexibility index (Phi) is 5.91. The van der Waals surface area contributed by atoms with Crippen molar-refractivity contribution in [1.29, 1.82) is 0 Å². The van der Waals surface area contributed by atoms with E-state index >= 15 is 0 Å². The van der Waals surface area contributed by atoms with E-state index < -0.39 is 32.3 Å². The normalized spacial score (nSPS) is 10.9. The van der Waals surface area contributed by atoms with Crippen LogP contribution in [0.5, 0.6) is 0 Å². The number of hydrogen-bond acceptors (Lipinski definition) is 7. The quantitative estimate of drug-likeness (QED) is 0.453. The summed E-state index contributed by atoms with van der Waals surface area (Å²) in [7, 11) is -2.25. The van der Waals surface area contributed by atoms with Crippen molar-refractivity contribution in [2.45, 2.75) is 11.8 Å². The Bertz CT molecular complexity index is 998. The van der Waals surface area contributed by atoms with Crippen molar-refractivity contribution in [1.82, 2.24) is 0 Å². The van der Waals surface area contributed by atoms with E-state index in [1.165, 1.54) is 37.3 Å². The molecular formula is C17H16N2O7S. The maximum Gasteiger partial charge on any atom is 0.338 e. The molecule has 2 aromatic carbocycles. The van der Waals surface area contributed by atoms with Crippen LogP contribution in [0.15, 0.2) is 47.4 Å². The number of benzene rings is 2. The number of nitrogens with one attached hydrogen (secondary N) is 1. The minimum absolute atomic E-state index is 0.0529. The molecule has 27 heavy (non-hydrogen) atoms. The maximum absolute atomic E-state index is 12.4. The highest BCUT2D eigenvalue weighted by atomic mass is 32.2. The number of nitro groups is 1. The smallest absolute Gasteiger partial charge is 0.338 e. The molecule has 0 bridgehead atoms. The first-order chi connectivity index (χ1) is 12.7. The number of ether oxygens (including phenoxy) is 1. The van der Waals surface area contributed by atoms with Gasteiger partial charge < -0.3 is 10.1 Å². The summed E-state index contributed by atoms with van der Waals surface area (Å²) in [5.74, 6) is -1.57. The molecule has 0 aliphatic rings. The van der Waals surface area contributed by atoms with E-state index in [4.69, 9.17) is 0 Å². The number of methoxy groups -OCH3 is 1. The topological polar surface area (TPSA) is 133 Å². The Morgan fingerprint density at radius 2 is 1.70 bits per heavy atom. The molecule has 0 spiro atoms. The summed E-state index contributed by atoms with van der Waals surface area (Å²) < 4.78 is 28.1. The fourth-order valence-electron chi connectivity index (χ4n) is 2.20. The monoisotopic (exact) mass is 392 g/mol. The van der Waals surface area contributed by atoms with Crippen molar-refractivity contribution in [3.63, 3.8) is 0 Å². The molecule has 0 atom stereocenters. The Morgan fingerprint density at radius 3 is 2.22 bits per heavy atom. The molecule has 0 radical (unpaired) electrons. The number of rotatable bonds is 6. The Morgan fingerprint density at radius 1 is 1.11 bits per heavy atom. The summed E-state index contributed by atoms with van der Waals surface area (Å²) in [6, 6.07) is 8.70. The summed E-state index contributed by atoms with van der Waals surface area (Å²) in [6.07, 6.45) is 0. The third-order valence-electron chi connectivity index (χ3n) is 3.66. The molecule has 0 saturated carbocycles. The molecular weight excluding hydrogens is 376 g/mol. The van der Waals surface area contributed by atoms with Gasteiger partial charge in [-0.05, 0) is 30.3 Å². The lowest BCUT2D eigenvalue weighted by Crippen LogP contribution is -2.14. The number of carbonyl (C=O) groups excluding carboxylic acids is 2. The van der Waals surface area contributed by atoms with Gasteiger partial charge in [0.1, 0.15) is 0 Å². The molecule has 0 saturated heterocycles. The number of carbonyl (C=O) groups is 2. The van der Waals surface area contributed by atoms with Crippen LogP contribution in [0.1, 0.15) is 27.6 Å². The van der Waals surface area contributed by atoms with Gasteiger partial charge in [-0.15, -0.1) is 0 Å². The van der Waals surface area contributed by atoms with E-state index in [1.54, 1.807) is 0 Å². The summed E-state index contributed by atoms with van der Waals surface area (Å²) in [5, 5.41) is 13.5. The minimum atomic E-state index is -3.37. The largest absolute Gasteiger partial charge is 0.465 e. The Labute approximate surface area is 155 Å². The van der Waals surface area contributed by atoms with Gasteiger partial charge in [-0.2, -0.15) is 0 Å². The van der Waals surface area contributed by atoms with Crippen molar-refractivity contribution in [2.24, 2.45) is 0 Å². The van der Waals surface area contributed by atoms with Crippen LogP contribution in [0.3, 0.4) is 0 Å². The maximum atomic E-state index is 12.4. The summed E-state index contributed by atoms with van der Waals surface area (Å²) >= 11 is 0. The van der Waals surface area contributed by atoms with Gasteiger partial charge >= 0.3 is 5.97 Å². The number of non-ortho nitro benzene ring substituents is 1. The predicted molar refractivity (Wildman–Crippen MR) is 96.6 cm³/mol. The molecule has 0 aliphatic carbocycles. The van der Waals surface area contributed by atoms with Crippen LogP contribution in [0.4, 0.5) is 11.4 Å². The fourth-order valence-corrected chi connectivity index (χ4v) is 3.08. The van der Waals surface area contributed by atoms with Crippen molar-refractivity contribution < 1.29 is 27.7 Å². The SMILES string of the molecule is CCS(=O)(=O)c1ccc(NC(=O)c2cc(C(=O)OC)cc([N+](=O)[O-])c2)cc1. The zero-order valence-corrected chi connectivity index (χ0v) is 15.3. The number of amides is 1. The van der Waals surface area contributed by atoms with E-state index in [9.17, 15) is 28.1 Å². The third-order valence-corrected chi connectivity index (χ3v) is 5.41. The molecule has 1 N–H and O–H groups in total. The number of nitrogens with zero attached hydrogens (tertiary/aromatic N) is 1. The van der Waals surface area contributed by atoms with Gasteiger partial charge in [0.2, 0.25) is 0 Å². The van der Waals surface area contributed by atoms with Gasteiger partial charge in [0, 0.05) is 23.4 Å². The highest BCUT2D eigenvalue weighted by Crippen LogP contribution is 2.20. The Hall–Kier alpha value is -3.27. The standard InChI is InChI=1S/C17H16N2O7S/c1-3-27(24,25)15-6-4-13(5-7-15)18-16(20)11-8-12(17(21)26-2)10-14(9-11)19(22)23/h4-10H,3H2,1-2H3,(H,18,20). The second kappa shape index (κ2) is 7.96. The average molecular weight is 392 g/mol. The molecule has 9 nitrogen and oxygen atoms in total. The van der Waals surface area contributed by atoms with Crippen LogP contribution in [0, 0.1) is 10.1 Å². The van der Waals surface area contributed by atoms with Gasteiger partial charge in [0.15, 0.2) is 9.84 Å². The summed E-state index contributed by atoms with van der Waals surface area (Å²) in [6.45, 7) is 1.52. The lowest BCUT2D eigenvalue weighted by molar-refractivity contribution is -0.384. The zero-order valence-electron chi connectivity index (χ0n) is 14.5. The van der Waals surface area contributed by atoms with Gasteiger partial charge in [0.05, 0.1) is 28.2 Å². The van der Waals surface area contributed by atoms with E-state index in [0.29, 0.717) is 5.69 Å². The molecule has 142 valence electrons. The van der Waals surface area contributed by atoms with E-state index in [-0.39, 0.29) is 21.8 Å². The molecule has 0 aromatic heterocycles. The molecule has 0 unspecified atom stereocenters. The van der Waals surface area contributed by atoms with Gasteiger partial charge in [-0.25, -0.2) is 13.2 Å². The van der Waals surface area contributed by atoms with Crippen molar-refractivity contribution >= 4 is 33.1 Å².